The van der Waals surface area contributed by atoms with Crippen molar-refractivity contribution < 1.29 is 9.53 Å². The number of rotatable bonds is 7. The first-order valence-electron chi connectivity index (χ1n) is 8.95. The molecule has 0 unspecified atom stereocenters. The van der Waals surface area contributed by atoms with Crippen LogP contribution in [0.15, 0.2) is 90.5 Å². The van der Waals surface area contributed by atoms with Gasteiger partial charge in [0.25, 0.3) is 5.91 Å². The molecule has 0 fully saturated rings. The Balaban J connectivity index is 1.64. The van der Waals surface area contributed by atoms with E-state index >= 15 is 0 Å². The molecule has 0 aliphatic rings. The molecule has 3 rings (SSSR count). The Morgan fingerprint density at radius 1 is 0.929 bits per heavy atom. The molecule has 4 heteroatoms. The minimum atomic E-state index is -0.401. The molecular weight excluding hydrogens is 348 g/mol. The molecule has 0 bridgehead atoms. The minimum absolute atomic E-state index is 0.0520. The quantitative estimate of drug-likeness (QED) is 0.494. The van der Waals surface area contributed by atoms with Gasteiger partial charge in [-0.1, -0.05) is 72.8 Å². The highest BCUT2D eigenvalue weighted by Gasteiger charge is 2.09. The molecule has 28 heavy (non-hydrogen) atoms. The molecule has 0 aliphatic heterocycles. The van der Waals surface area contributed by atoms with E-state index in [0.717, 1.165) is 16.7 Å². The molecule has 0 aromatic heterocycles. The molecule has 0 atom stereocenters. The van der Waals surface area contributed by atoms with E-state index in [1.165, 1.54) is 0 Å². The first kappa shape index (κ1) is 18.9. The number of amides is 1. The maximum absolute atomic E-state index is 12.3. The van der Waals surface area contributed by atoms with Crippen molar-refractivity contribution in [1.82, 2.24) is 5.32 Å². The highest BCUT2D eigenvalue weighted by molar-refractivity contribution is 6.01. The van der Waals surface area contributed by atoms with E-state index < -0.39 is 5.91 Å². The van der Waals surface area contributed by atoms with Crippen LogP contribution in [0.25, 0.3) is 6.08 Å². The molecule has 0 aliphatic carbocycles. The van der Waals surface area contributed by atoms with Crippen molar-refractivity contribution >= 4 is 12.0 Å². The summed E-state index contributed by atoms with van der Waals surface area (Å²) in [6.45, 7) is 0.829. The first-order chi connectivity index (χ1) is 13.7. The molecule has 1 N–H and O–H groups in total. The zero-order chi connectivity index (χ0) is 19.6. The first-order valence-corrected chi connectivity index (χ1v) is 8.95. The van der Waals surface area contributed by atoms with E-state index in [2.05, 4.69) is 5.32 Å². The summed E-state index contributed by atoms with van der Waals surface area (Å²) in [4.78, 5) is 12.3. The average Bonchev–Trinajstić information content (AvgIpc) is 2.76. The highest BCUT2D eigenvalue weighted by Crippen LogP contribution is 2.17. The summed E-state index contributed by atoms with van der Waals surface area (Å²) in [6.07, 6.45) is 1.57. The van der Waals surface area contributed by atoms with Gasteiger partial charge < -0.3 is 10.1 Å². The van der Waals surface area contributed by atoms with Gasteiger partial charge in [0.15, 0.2) is 0 Å². The fourth-order valence-electron chi connectivity index (χ4n) is 2.62. The molecule has 4 nitrogen and oxygen atoms in total. The lowest BCUT2D eigenvalue weighted by Crippen LogP contribution is -2.23. The van der Waals surface area contributed by atoms with Crippen LogP contribution in [0.1, 0.15) is 16.7 Å². The number of ether oxygens (including phenoxy) is 1. The van der Waals surface area contributed by atoms with E-state index in [-0.39, 0.29) is 5.57 Å². The summed E-state index contributed by atoms with van der Waals surface area (Å²) in [5.74, 6) is 0.279. The van der Waals surface area contributed by atoms with Gasteiger partial charge in [-0.05, 0) is 34.9 Å². The third-order valence-electron chi connectivity index (χ3n) is 4.08. The standard InChI is InChI=1S/C24H20N2O2/c25-16-22(24(27)26-17-19-8-3-1-4-9-19)14-21-12-7-13-23(15-21)28-18-20-10-5-2-6-11-20/h1-15H,17-18H2,(H,26,27)/b22-14+. The van der Waals surface area contributed by atoms with E-state index in [4.69, 9.17) is 4.74 Å². The van der Waals surface area contributed by atoms with Gasteiger partial charge in [-0.2, -0.15) is 5.26 Å². The molecule has 138 valence electrons. The van der Waals surface area contributed by atoms with Crippen molar-refractivity contribution in [2.75, 3.05) is 0 Å². The zero-order valence-electron chi connectivity index (χ0n) is 15.3. The second kappa shape index (κ2) is 9.75. The number of carbonyl (C=O) groups is 1. The monoisotopic (exact) mass is 368 g/mol. The van der Waals surface area contributed by atoms with E-state index in [9.17, 15) is 10.1 Å². The van der Waals surface area contributed by atoms with Crippen molar-refractivity contribution in [3.8, 4) is 11.8 Å². The van der Waals surface area contributed by atoms with Crippen molar-refractivity contribution in [3.63, 3.8) is 0 Å². The average molecular weight is 368 g/mol. The van der Waals surface area contributed by atoms with Gasteiger partial charge in [0, 0.05) is 6.54 Å². The van der Waals surface area contributed by atoms with Gasteiger partial charge in [-0.15, -0.1) is 0 Å². The fourth-order valence-corrected chi connectivity index (χ4v) is 2.62. The number of nitriles is 1. The molecule has 3 aromatic carbocycles. The largest absolute Gasteiger partial charge is 0.489 e. The number of hydrogen-bond acceptors (Lipinski definition) is 3. The number of nitrogens with zero attached hydrogens (tertiary/aromatic N) is 1. The summed E-state index contributed by atoms with van der Waals surface area (Å²) in [7, 11) is 0. The molecule has 3 aromatic rings. The van der Waals surface area contributed by atoms with Crippen molar-refractivity contribution in [1.29, 1.82) is 5.26 Å². The highest BCUT2D eigenvalue weighted by atomic mass is 16.5. The predicted octanol–water partition coefficient (Wildman–Crippen LogP) is 4.49. The van der Waals surface area contributed by atoms with Gasteiger partial charge in [-0.3, -0.25) is 4.79 Å². The van der Waals surface area contributed by atoms with Crippen LogP contribution in [0.3, 0.4) is 0 Å². The van der Waals surface area contributed by atoms with E-state index in [1.54, 1.807) is 6.08 Å². The Bertz CT molecular complexity index is 990. The zero-order valence-corrected chi connectivity index (χ0v) is 15.3. The molecule has 0 spiro atoms. The Morgan fingerprint density at radius 2 is 1.61 bits per heavy atom. The molecule has 0 heterocycles. The van der Waals surface area contributed by atoms with Crippen molar-refractivity contribution in [2.45, 2.75) is 13.2 Å². The third-order valence-corrected chi connectivity index (χ3v) is 4.08. The maximum atomic E-state index is 12.3. The predicted molar refractivity (Wildman–Crippen MR) is 109 cm³/mol. The van der Waals surface area contributed by atoms with Gasteiger partial charge in [0.1, 0.15) is 24.0 Å². The maximum Gasteiger partial charge on any atom is 0.262 e. The number of carbonyl (C=O) groups excluding carboxylic acids is 1. The number of benzene rings is 3. The summed E-state index contributed by atoms with van der Waals surface area (Å²) >= 11 is 0. The third kappa shape index (κ3) is 5.58. The summed E-state index contributed by atoms with van der Waals surface area (Å²) in [5, 5.41) is 12.1. The molecule has 0 saturated heterocycles. The van der Waals surface area contributed by atoms with E-state index in [0.29, 0.717) is 18.9 Å². The van der Waals surface area contributed by atoms with Gasteiger partial charge in [0.2, 0.25) is 0 Å². The SMILES string of the molecule is N#C/C(=C\c1cccc(OCc2ccccc2)c1)C(=O)NCc1ccccc1. The summed E-state index contributed by atoms with van der Waals surface area (Å²) in [6, 6.07) is 28.7. The summed E-state index contributed by atoms with van der Waals surface area (Å²) in [5.41, 5.74) is 2.83. The summed E-state index contributed by atoms with van der Waals surface area (Å²) < 4.78 is 5.80. The van der Waals surface area contributed by atoms with Crippen LogP contribution in [0.5, 0.6) is 5.75 Å². The second-order valence-corrected chi connectivity index (χ2v) is 6.18. The van der Waals surface area contributed by atoms with Crippen LogP contribution in [-0.2, 0) is 17.9 Å². The lowest BCUT2D eigenvalue weighted by atomic mass is 10.1. The van der Waals surface area contributed by atoms with Crippen LogP contribution in [0.4, 0.5) is 0 Å². The molecular formula is C24H20N2O2. The normalized spacial score (nSPS) is 10.8. The van der Waals surface area contributed by atoms with Crippen molar-refractivity contribution in [2.24, 2.45) is 0 Å². The topological polar surface area (TPSA) is 62.1 Å². The van der Waals surface area contributed by atoms with Crippen LogP contribution in [0.2, 0.25) is 0 Å². The second-order valence-electron chi connectivity index (χ2n) is 6.18. The number of hydrogen-bond donors (Lipinski definition) is 1. The van der Waals surface area contributed by atoms with Crippen molar-refractivity contribution in [3.05, 3.63) is 107 Å². The van der Waals surface area contributed by atoms with Crippen LogP contribution in [0, 0.1) is 11.3 Å². The Morgan fingerprint density at radius 3 is 2.29 bits per heavy atom. The Labute approximate surface area is 164 Å². The minimum Gasteiger partial charge on any atom is -0.489 e. The van der Waals surface area contributed by atoms with Gasteiger partial charge in [-0.25, -0.2) is 0 Å². The van der Waals surface area contributed by atoms with Gasteiger partial charge >= 0.3 is 0 Å². The van der Waals surface area contributed by atoms with Crippen LogP contribution >= 0.6 is 0 Å². The molecule has 0 radical (unpaired) electrons. The van der Waals surface area contributed by atoms with Crippen LogP contribution < -0.4 is 10.1 Å². The Kier molecular flexibility index (Phi) is 6.59. The lowest BCUT2D eigenvalue weighted by molar-refractivity contribution is -0.117. The molecule has 0 saturated carbocycles. The fraction of sp³-hybridized carbons (Fsp3) is 0.0833. The lowest BCUT2D eigenvalue weighted by Gasteiger charge is -2.07. The van der Waals surface area contributed by atoms with Crippen LogP contribution in [-0.4, -0.2) is 5.91 Å². The Hall–Kier alpha value is -3.84. The van der Waals surface area contributed by atoms with E-state index in [1.807, 2.05) is 91.0 Å². The smallest absolute Gasteiger partial charge is 0.262 e. The molecule has 1 amide bonds. The number of nitrogens with one attached hydrogen (secondary N) is 1. The van der Waals surface area contributed by atoms with Gasteiger partial charge in [0.05, 0.1) is 0 Å².